The summed E-state index contributed by atoms with van der Waals surface area (Å²) < 4.78 is 0. The van der Waals surface area contributed by atoms with Gasteiger partial charge in [-0.15, -0.1) is 0 Å². The van der Waals surface area contributed by atoms with Crippen LogP contribution in [0, 0.1) is 27.7 Å². The van der Waals surface area contributed by atoms with Gasteiger partial charge in [0.15, 0.2) is 0 Å². The van der Waals surface area contributed by atoms with E-state index in [9.17, 15) is 0 Å². The predicted molar refractivity (Wildman–Crippen MR) is 171 cm³/mol. The highest BCUT2D eigenvalue weighted by atomic mass is 15.1. The van der Waals surface area contributed by atoms with E-state index in [-0.39, 0.29) is 0 Å². The standard InChI is InChI=1S/C34H38N6/c1-23-19-31(39(5)6)20-24(2)33(23)37-35-29-15-11-27(12-16-29)9-10-28-13-17-30(18-14-28)36-38-34-25(3)21-32(40(7)8)22-26(34)4/h9-22H,1-8H3. The van der Waals surface area contributed by atoms with Crippen molar-refractivity contribution in [3.8, 4) is 0 Å². The maximum atomic E-state index is 4.53. The zero-order valence-electron chi connectivity index (χ0n) is 24.8. The Hall–Kier alpha value is -4.58. The molecule has 0 aromatic heterocycles. The monoisotopic (exact) mass is 530 g/mol. The topological polar surface area (TPSA) is 55.9 Å². The summed E-state index contributed by atoms with van der Waals surface area (Å²) in [6.45, 7) is 8.29. The summed E-state index contributed by atoms with van der Waals surface area (Å²) >= 11 is 0. The first-order valence-electron chi connectivity index (χ1n) is 13.4. The SMILES string of the molecule is Cc1cc(N(C)C)cc(C)c1N=Nc1ccc(C=Cc2ccc(N=Nc3c(C)cc(N(C)C)cc3C)cc2)cc1. The van der Waals surface area contributed by atoms with Gasteiger partial charge in [0, 0.05) is 39.6 Å². The Morgan fingerprint density at radius 2 is 0.750 bits per heavy atom. The molecule has 0 aliphatic rings. The first kappa shape index (κ1) is 28.4. The van der Waals surface area contributed by atoms with E-state index in [1.165, 1.54) is 11.4 Å². The largest absolute Gasteiger partial charge is 0.378 e. The number of hydrogen-bond donors (Lipinski definition) is 0. The molecule has 0 aliphatic heterocycles. The molecule has 0 saturated heterocycles. The number of benzene rings is 4. The second kappa shape index (κ2) is 12.5. The van der Waals surface area contributed by atoms with Gasteiger partial charge in [-0.25, -0.2) is 0 Å². The molecule has 40 heavy (non-hydrogen) atoms. The molecule has 4 aromatic carbocycles. The quantitative estimate of drug-likeness (QED) is 0.168. The second-order valence-corrected chi connectivity index (χ2v) is 10.6. The van der Waals surface area contributed by atoms with Crippen LogP contribution in [0.15, 0.2) is 93.3 Å². The van der Waals surface area contributed by atoms with E-state index >= 15 is 0 Å². The Bertz CT molecular complexity index is 1390. The van der Waals surface area contributed by atoms with Crippen LogP contribution >= 0.6 is 0 Å². The Balaban J connectivity index is 1.39. The summed E-state index contributed by atoms with van der Waals surface area (Å²) in [6.07, 6.45) is 4.18. The van der Waals surface area contributed by atoms with Crippen LogP contribution in [0.3, 0.4) is 0 Å². The Labute approximate surface area is 238 Å². The average molecular weight is 531 g/mol. The van der Waals surface area contributed by atoms with Crippen LogP contribution in [-0.2, 0) is 0 Å². The molecule has 6 heteroatoms. The maximum absolute atomic E-state index is 4.53. The van der Waals surface area contributed by atoms with Crippen LogP contribution in [0.4, 0.5) is 34.1 Å². The number of nitrogens with zero attached hydrogens (tertiary/aromatic N) is 6. The molecular formula is C34H38N6. The van der Waals surface area contributed by atoms with Crippen molar-refractivity contribution in [2.45, 2.75) is 27.7 Å². The van der Waals surface area contributed by atoms with Crippen LogP contribution in [-0.4, -0.2) is 28.2 Å². The molecule has 6 nitrogen and oxygen atoms in total. The van der Waals surface area contributed by atoms with Gasteiger partial charge in [-0.05, 0) is 110 Å². The minimum absolute atomic E-state index is 0.823. The second-order valence-electron chi connectivity index (χ2n) is 10.6. The summed E-state index contributed by atoms with van der Waals surface area (Å²) in [5.41, 5.74) is 12.5. The molecule has 0 aliphatic carbocycles. The van der Waals surface area contributed by atoms with Gasteiger partial charge in [-0.3, -0.25) is 0 Å². The van der Waals surface area contributed by atoms with Crippen molar-refractivity contribution in [1.29, 1.82) is 0 Å². The van der Waals surface area contributed by atoms with Gasteiger partial charge < -0.3 is 9.80 Å². The minimum atomic E-state index is 0.823. The zero-order chi connectivity index (χ0) is 28.8. The highest BCUT2D eigenvalue weighted by molar-refractivity contribution is 5.71. The molecule has 0 atom stereocenters. The summed E-state index contributed by atoms with van der Waals surface area (Å²) in [5, 5.41) is 18.0. The van der Waals surface area contributed by atoms with E-state index in [2.05, 4.69) is 119 Å². The van der Waals surface area contributed by atoms with Gasteiger partial charge in [0.05, 0.1) is 22.7 Å². The fourth-order valence-electron chi connectivity index (χ4n) is 4.41. The molecule has 0 spiro atoms. The first-order valence-corrected chi connectivity index (χ1v) is 13.4. The Morgan fingerprint density at radius 1 is 0.450 bits per heavy atom. The molecule has 0 amide bonds. The highest BCUT2D eigenvalue weighted by Gasteiger charge is 2.07. The van der Waals surface area contributed by atoms with E-state index < -0.39 is 0 Å². The van der Waals surface area contributed by atoms with Crippen molar-refractivity contribution >= 4 is 46.3 Å². The normalized spacial score (nSPS) is 11.7. The molecule has 0 radical (unpaired) electrons. The summed E-state index contributed by atoms with van der Waals surface area (Å²) in [7, 11) is 8.17. The Morgan fingerprint density at radius 3 is 1.02 bits per heavy atom. The van der Waals surface area contributed by atoms with E-state index in [1.807, 2.05) is 52.5 Å². The summed E-state index contributed by atoms with van der Waals surface area (Å²) in [6, 6.07) is 24.7. The van der Waals surface area contributed by atoms with E-state index in [4.69, 9.17) is 0 Å². The molecule has 0 fully saturated rings. The highest BCUT2D eigenvalue weighted by Crippen LogP contribution is 2.31. The van der Waals surface area contributed by atoms with Crippen LogP contribution in [0.25, 0.3) is 12.2 Å². The van der Waals surface area contributed by atoms with Crippen LogP contribution in [0.5, 0.6) is 0 Å². The van der Waals surface area contributed by atoms with Gasteiger partial charge in [-0.1, -0.05) is 36.4 Å². The number of hydrogen-bond acceptors (Lipinski definition) is 6. The van der Waals surface area contributed by atoms with Gasteiger partial charge in [-0.2, -0.15) is 20.5 Å². The zero-order valence-corrected chi connectivity index (χ0v) is 24.8. The van der Waals surface area contributed by atoms with Crippen molar-refractivity contribution in [2.24, 2.45) is 20.5 Å². The molecule has 0 N–H and O–H groups in total. The lowest BCUT2D eigenvalue weighted by Gasteiger charge is -2.15. The fourth-order valence-corrected chi connectivity index (χ4v) is 4.41. The molecule has 0 bridgehead atoms. The third kappa shape index (κ3) is 7.08. The lowest BCUT2D eigenvalue weighted by molar-refractivity contribution is 1.11. The lowest BCUT2D eigenvalue weighted by Crippen LogP contribution is -2.08. The number of anilines is 2. The molecule has 0 unspecified atom stereocenters. The van der Waals surface area contributed by atoms with Crippen molar-refractivity contribution in [3.63, 3.8) is 0 Å². The predicted octanol–water partition coefficient (Wildman–Crippen LogP) is 10.1. The van der Waals surface area contributed by atoms with Crippen molar-refractivity contribution in [2.75, 3.05) is 38.0 Å². The molecule has 4 rings (SSSR count). The third-order valence-electron chi connectivity index (χ3n) is 6.77. The minimum Gasteiger partial charge on any atom is -0.378 e. The van der Waals surface area contributed by atoms with Gasteiger partial charge in [0.2, 0.25) is 0 Å². The van der Waals surface area contributed by atoms with Crippen LogP contribution < -0.4 is 9.80 Å². The fraction of sp³-hybridized carbons (Fsp3) is 0.235. The van der Waals surface area contributed by atoms with E-state index in [0.29, 0.717) is 0 Å². The molecule has 204 valence electrons. The molecule has 4 aromatic rings. The maximum Gasteiger partial charge on any atom is 0.0916 e. The van der Waals surface area contributed by atoms with E-state index in [1.54, 1.807) is 0 Å². The number of rotatable bonds is 8. The number of azo groups is 2. The van der Waals surface area contributed by atoms with Gasteiger partial charge in [0.1, 0.15) is 0 Å². The average Bonchev–Trinajstić information content (AvgIpc) is 2.92. The van der Waals surface area contributed by atoms with Crippen molar-refractivity contribution in [1.82, 2.24) is 0 Å². The summed E-state index contributed by atoms with van der Waals surface area (Å²) in [5.74, 6) is 0. The molecular weight excluding hydrogens is 492 g/mol. The van der Waals surface area contributed by atoms with Gasteiger partial charge in [0.25, 0.3) is 0 Å². The third-order valence-corrected chi connectivity index (χ3v) is 6.77. The van der Waals surface area contributed by atoms with Crippen molar-refractivity contribution < 1.29 is 0 Å². The molecule has 0 saturated carbocycles. The van der Waals surface area contributed by atoms with Crippen molar-refractivity contribution in [3.05, 3.63) is 106 Å². The first-order chi connectivity index (χ1) is 19.1. The van der Waals surface area contributed by atoms with Crippen LogP contribution in [0.2, 0.25) is 0 Å². The summed E-state index contributed by atoms with van der Waals surface area (Å²) in [4.78, 5) is 4.20. The van der Waals surface area contributed by atoms with E-state index in [0.717, 1.165) is 56.1 Å². The smallest absolute Gasteiger partial charge is 0.0916 e. The Kier molecular flexibility index (Phi) is 8.90. The number of aryl methyl sites for hydroxylation is 4. The molecule has 0 heterocycles. The lowest BCUT2D eigenvalue weighted by atomic mass is 10.1. The van der Waals surface area contributed by atoms with Crippen LogP contribution in [0.1, 0.15) is 33.4 Å². The van der Waals surface area contributed by atoms with Gasteiger partial charge >= 0.3 is 0 Å².